The molecule has 0 atom stereocenters. The topological polar surface area (TPSA) is 11.3 Å². The minimum Gasteiger partial charge on any atom is -0.258 e. The summed E-state index contributed by atoms with van der Waals surface area (Å²) in [4.78, 5) is 0. The lowest BCUT2D eigenvalue weighted by Gasteiger charge is -2.09. The maximum absolute atomic E-state index is 12.2. The fraction of sp³-hybridized carbons (Fsp3) is 0.300. The van der Waals surface area contributed by atoms with Gasteiger partial charge in [-0.15, -0.1) is 0 Å². The van der Waals surface area contributed by atoms with Crippen LogP contribution in [-0.2, 0) is 4.42 Å². The third kappa shape index (κ3) is 2.34. The normalized spacial score (nSPS) is 16.1. The number of ketones is 1. The Morgan fingerprint density at radius 2 is 1.64 bits per heavy atom. The summed E-state index contributed by atoms with van der Waals surface area (Å²) in [6.07, 6.45) is 1.52. The average molecular weight is 203 g/mol. The molecular formula is C10H10F3O+. The van der Waals surface area contributed by atoms with Crippen molar-refractivity contribution in [3.63, 3.8) is 0 Å². The van der Waals surface area contributed by atoms with Gasteiger partial charge in [0.2, 0.25) is 0 Å². The van der Waals surface area contributed by atoms with Gasteiger partial charge in [0.05, 0.1) is 0 Å². The predicted octanol–water partition coefficient (Wildman–Crippen LogP) is 2.73. The van der Waals surface area contributed by atoms with E-state index in [1.54, 1.807) is 0 Å². The Morgan fingerprint density at radius 3 is 2.00 bits per heavy atom. The Hall–Kier alpha value is -1.32. The van der Waals surface area contributed by atoms with E-state index in [1.165, 1.54) is 31.4 Å². The molecule has 0 aromatic heterocycles. The molecule has 0 unspecified atom stereocenters. The van der Waals surface area contributed by atoms with Gasteiger partial charge >= 0.3 is 12.0 Å². The standard InChI is InChI=1S/C10H10F3O/c1-7(10(11,12)13)8-3-5-9(14-2)6-4-8/h3-6H,1-2H3/q+1. The molecule has 14 heavy (non-hydrogen) atoms. The van der Waals surface area contributed by atoms with Crippen molar-refractivity contribution in [1.29, 1.82) is 0 Å². The number of halogens is 3. The van der Waals surface area contributed by atoms with Gasteiger partial charge in [-0.2, -0.15) is 13.2 Å². The highest BCUT2D eigenvalue weighted by Gasteiger charge is 2.32. The van der Waals surface area contributed by atoms with E-state index in [0.29, 0.717) is 5.78 Å². The highest BCUT2D eigenvalue weighted by molar-refractivity contribution is 6.01. The van der Waals surface area contributed by atoms with E-state index in [-0.39, 0.29) is 5.57 Å². The minimum absolute atomic E-state index is 0.165. The number of carbonyl (C=O) groups excluding carboxylic acids is 1. The molecule has 0 saturated carbocycles. The molecule has 0 heterocycles. The van der Waals surface area contributed by atoms with Crippen molar-refractivity contribution < 1.29 is 17.6 Å². The van der Waals surface area contributed by atoms with Crippen LogP contribution in [0.15, 0.2) is 35.5 Å². The van der Waals surface area contributed by atoms with Crippen molar-refractivity contribution in [2.75, 3.05) is 7.11 Å². The Kier molecular flexibility index (Phi) is 2.93. The van der Waals surface area contributed by atoms with Crippen molar-refractivity contribution in [1.82, 2.24) is 0 Å². The quantitative estimate of drug-likeness (QED) is 0.536. The molecule has 0 N–H and O–H groups in total. The van der Waals surface area contributed by atoms with Gasteiger partial charge in [-0.25, -0.2) is 0 Å². The molecule has 0 saturated heterocycles. The Bertz CT molecular complexity index is 325. The maximum Gasteiger partial charge on any atom is 0.412 e. The first-order valence-electron chi connectivity index (χ1n) is 4.00. The van der Waals surface area contributed by atoms with Gasteiger partial charge in [0.15, 0.2) is 0 Å². The van der Waals surface area contributed by atoms with Crippen molar-refractivity contribution in [2.45, 2.75) is 13.1 Å². The van der Waals surface area contributed by atoms with E-state index < -0.39 is 11.7 Å². The van der Waals surface area contributed by atoms with E-state index in [9.17, 15) is 13.2 Å². The molecule has 4 heteroatoms. The first-order valence-corrected chi connectivity index (χ1v) is 4.00. The highest BCUT2D eigenvalue weighted by atomic mass is 19.4. The molecule has 1 nitrogen and oxygen atoms in total. The molecule has 0 aromatic carbocycles. The van der Waals surface area contributed by atoms with Crippen LogP contribution >= 0.6 is 0 Å². The minimum atomic E-state index is -4.27. The zero-order valence-corrected chi connectivity index (χ0v) is 7.85. The Morgan fingerprint density at radius 1 is 1.14 bits per heavy atom. The van der Waals surface area contributed by atoms with Gasteiger partial charge in [0.1, 0.15) is 0 Å². The Labute approximate surface area is 79.9 Å². The number of hydrogen-bond donors (Lipinski definition) is 0. The van der Waals surface area contributed by atoms with Crippen LogP contribution in [0, 0.1) is 0 Å². The third-order valence-corrected chi connectivity index (χ3v) is 1.95. The van der Waals surface area contributed by atoms with Crippen LogP contribution in [0.1, 0.15) is 6.92 Å². The summed E-state index contributed by atoms with van der Waals surface area (Å²) in [5.74, 6) is 0.545. The van der Waals surface area contributed by atoms with Crippen molar-refractivity contribution >= 4 is 5.78 Å². The van der Waals surface area contributed by atoms with Crippen molar-refractivity contribution in [3.05, 3.63) is 35.5 Å². The lowest BCUT2D eigenvalue weighted by molar-refractivity contribution is -0.417. The molecular weight excluding hydrogens is 193 g/mol. The molecule has 1 aliphatic carbocycles. The van der Waals surface area contributed by atoms with Gasteiger partial charge in [0.25, 0.3) is 7.11 Å². The lowest BCUT2D eigenvalue weighted by atomic mass is 10.0. The van der Waals surface area contributed by atoms with E-state index in [1.807, 2.05) is 0 Å². The third-order valence-electron chi connectivity index (χ3n) is 1.95. The van der Waals surface area contributed by atoms with E-state index in [0.717, 1.165) is 6.92 Å². The predicted molar refractivity (Wildman–Crippen MR) is 48.0 cm³/mol. The zero-order chi connectivity index (χ0) is 10.8. The number of hydrogen-bond acceptors (Lipinski definition) is 0. The summed E-state index contributed by atoms with van der Waals surface area (Å²) in [6.45, 7) is 1.06. The van der Waals surface area contributed by atoms with Crippen molar-refractivity contribution in [2.24, 2.45) is 0 Å². The maximum atomic E-state index is 12.2. The van der Waals surface area contributed by atoms with Gasteiger partial charge in [-0.1, -0.05) is 0 Å². The molecule has 1 rings (SSSR count). The summed E-state index contributed by atoms with van der Waals surface area (Å²) < 4.78 is 41.6. The average Bonchev–Trinajstić information content (AvgIpc) is 2.15. The fourth-order valence-corrected chi connectivity index (χ4v) is 1.00. The summed E-state index contributed by atoms with van der Waals surface area (Å²) in [5, 5.41) is 0. The second kappa shape index (κ2) is 3.82. The second-order valence-electron chi connectivity index (χ2n) is 2.85. The summed E-state index contributed by atoms with van der Waals surface area (Å²) >= 11 is 0. The van der Waals surface area contributed by atoms with Gasteiger partial charge < -0.3 is 0 Å². The first kappa shape index (κ1) is 10.8. The SMILES string of the molecule is C[O+]=C1C=CC(=C(C)C(F)(F)F)C=C1. The summed E-state index contributed by atoms with van der Waals surface area (Å²) in [7, 11) is 1.47. The van der Waals surface area contributed by atoms with Gasteiger partial charge in [0, 0.05) is 17.7 Å². The zero-order valence-electron chi connectivity index (χ0n) is 7.85. The molecule has 0 amide bonds. The van der Waals surface area contributed by atoms with E-state index >= 15 is 0 Å². The lowest BCUT2D eigenvalue weighted by Crippen LogP contribution is -2.11. The Balaban J connectivity index is 3.00. The highest BCUT2D eigenvalue weighted by Crippen LogP contribution is 2.29. The van der Waals surface area contributed by atoms with Crippen LogP contribution < -0.4 is 0 Å². The number of rotatable bonds is 0. The molecule has 0 bridgehead atoms. The van der Waals surface area contributed by atoms with Crippen LogP contribution in [0.4, 0.5) is 13.2 Å². The van der Waals surface area contributed by atoms with E-state index in [4.69, 9.17) is 4.42 Å². The molecule has 0 aliphatic heterocycles. The number of allylic oxidation sites excluding steroid dienone is 6. The van der Waals surface area contributed by atoms with E-state index in [2.05, 4.69) is 0 Å². The largest absolute Gasteiger partial charge is 0.412 e. The summed E-state index contributed by atoms with van der Waals surface area (Å²) in [5.41, 5.74) is -0.432. The molecule has 0 spiro atoms. The van der Waals surface area contributed by atoms with Crippen LogP contribution in [0.2, 0.25) is 0 Å². The molecule has 0 fully saturated rings. The van der Waals surface area contributed by atoms with Gasteiger partial charge in [-0.3, -0.25) is 4.42 Å². The van der Waals surface area contributed by atoms with Crippen LogP contribution in [-0.4, -0.2) is 19.1 Å². The fourth-order valence-electron chi connectivity index (χ4n) is 1.00. The van der Waals surface area contributed by atoms with Crippen molar-refractivity contribution in [3.8, 4) is 0 Å². The second-order valence-corrected chi connectivity index (χ2v) is 2.85. The molecule has 0 radical (unpaired) electrons. The number of alkyl halides is 3. The van der Waals surface area contributed by atoms with Crippen LogP contribution in [0.5, 0.6) is 0 Å². The van der Waals surface area contributed by atoms with Crippen LogP contribution in [0.3, 0.4) is 0 Å². The molecule has 76 valence electrons. The van der Waals surface area contributed by atoms with Gasteiger partial charge in [-0.05, 0) is 24.6 Å². The summed E-state index contributed by atoms with van der Waals surface area (Å²) in [6, 6.07) is 0. The van der Waals surface area contributed by atoms with Crippen LogP contribution in [0.25, 0.3) is 0 Å². The first-order chi connectivity index (χ1) is 6.45. The molecule has 1 aliphatic rings. The molecule has 0 aromatic rings. The monoisotopic (exact) mass is 203 g/mol. The smallest absolute Gasteiger partial charge is 0.258 e.